The van der Waals surface area contributed by atoms with E-state index in [-0.39, 0.29) is 29.0 Å². The topological polar surface area (TPSA) is 116 Å². The Labute approximate surface area is 245 Å². The summed E-state index contributed by atoms with van der Waals surface area (Å²) >= 11 is 7.28. The van der Waals surface area contributed by atoms with Gasteiger partial charge in [-0.15, -0.1) is 0 Å². The number of hydrogen-bond donors (Lipinski definition) is 2. The molecule has 0 radical (unpaired) electrons. The van der Waals surface area contributed by atoms with Crippen molar-refractivity contribution in [3.63, 3.8) is 0 Å². The highest BCUT2D eigenvalue weighted by Gasteiger charge is 2.27. The quantitative estimate of drug-likeness (QED) is 0.179. The zero-order valence-electron chi connectivity index (χ0n) is 21.8. The molecule has 0 fully saturated rings. The number of halogens is 1. The molecule has 0 aliphatic carbocycles. The van der Waals surface area contributed by atoms with Crippen molar-refractivity contribution < 1.29 is 28.6 Å². The number of pyridine rings is 1. The maximum absolute atomic E-state index is 13.3. The Bertz CT molecular complexity index is 1600. The number of aryl methyl sites for hydroxylation is 1. The second-order valence-corrected chi connectivity index (χ2v) is 10.3. The number of ether oxygens (including phenoxy) is 3. The Morgan fingerprint density at radius 1 is 0.951 bits per heavy atom. The fourth-order valence-electron chi connectivity index (χ4n) is 3.92. The molecule has 5 rings (SSSR count). The molecule has 9 nitrogen and oxygen atoms in total. The molecule has 2 heterocycles. The molecular formula is C30H24ClN3O6S. The summed E-state index contributed by atoms with van der Waals surface area (Å²) in [5.41, 5.74) is 2.49. The second-order valence-electron chi connectivity index (χ2n) is 8.91. The summed E-state index contributed by atoms with van der Waals surface area (Å²) < 4.78 is 16.4. The predicted octanol–water partition coefficient (Wildman–Crippen LogP) is 6.04. The minimum atomic E-state index is -1.25. The number of carbonyl (C=O) groups is 3. The molecule has 2 N–H and O–H groups in total. The first-order valence-electron chi connectivity index (χ1n) is 12.5. The predicted molar refractivity (Wildman–Crippen MR) is 156 cm³/mol. The van der Waals surface area contributed by atoms with Crippen LogP contribution in [0.4, 0.5) is 11.4 Å². The molecule has 1 atom stereocenters. The highest BCUT2D eigenvalue weighted by atomic mass is 35.5. The maximum Gasteiger partial charge on any atom is 0.342 e. The third-order valence-corrected chi connectivity index (χ3v) is 7.40. The molecule has 0 spiro atoms. The minimum absolute atomic E-state index is 0.0253. The Balaban J connectivity index is 1.28. The number of carbonyl (C=O) groups excluding carboxylic acids is 3. The molecule has 1 aliphatic rings. The lowest BCUT2D eigenvalue weighted by Crippen LogP contribution is -2.26. The largest absolute Gasteiger partial charge is 0.454 e. The van der Waals surface area contributed by atoms with Crippen molar-refractivity contribution in [3.05, 3.63) is 107 Å². The number of benzene rings is 3. The van der Waals surface area contributed by atoms with Crippen LogP contribution in [0.15, 0.2) is 90.1 Å². The van der Waals surface area contributed by atoms with Crippen molar-refractivity contribution in [3.8, 4) is 11.5 Å². The summed E-state index contributed by atoms with van der Waals surface area (Å²) in [5.74, 6) is -0.486. The standard InChI is InChI=1S/C30H24ClN3O6S/c1-18-9-10-20(14-23(18)31)34-28(36)27(19-6-3-2-4-7-19)40-30(37)22-8-5-13-32-29(22)41-16-26(35)33-21-11-12-24-25(15-21)39-17-38-24/h2-15,27H,16-17H2,1H3,(H,33,35)(H,34,36)/t27-/m0/s1. The lowest BCUT2D eigenvalue weighted by atomic mass is 10.1. The minimum Gasteiger partial charge on any atom is -0.454 e. The van der Waals surface area contributed by atoms with Crippen molar-refractivity contribution in [1.82, 2.24) is 4.98 Å². The van der Waals surface area contributed by atoms with E-state index in [0.717, 1.165) is 17.3 Å². The van der Waals surface area contributed by atoms with Crippen LogP contribution in [0.1, 0.15) is 27.6 Å². The van der Waals surface area contributed by atoms with Gasteiger partial charge in [-0.05, 0) is 48.9 Å². The van der Waals surface area contributed by atoms with Gasteiger partial charge < -0.3 is 24.8 Å². The molecule has 0 saturated heterocycles. The van der Waals surface area contributed by atoms with Gasteiger partial charge in [-0.3, -0.25) is 9.59 Å². The van der Waals surface area contributed by atoms with Crippen LogP contribution in [0, 0.1) is 6.92 Å². The molecule has 41 heavy (non-hydrogen) atoms. The second kappa shape index (κ2) is 12.8. The van der Waals surface area contributed by atoms with Crippen LogP contribution in [0.25, 0.3) is 0 Å². The summed E-state index contributed by atoms with van der Waals surface area (Å²) in [7, 11) is 0. The van der Waals surface area contributed by atoms with E-state index in [0.29, 0.717) is 33.5 Å². The fraction of sp³-hybridized carbons (Fsp3) is 0.133. The number of amides is 2. The van der Waals surface area contributed by atoms with E-state index in [4.69, 9.17) is 25.8 Å². The van der Waals surface area contributed by atoms with Gasteiger partial charge in [-0.1, -0.05) is 59.8 Å². The van der Waals surface area contributed by atoms with E-state index in [1.54, 1.807) is 72.8 Å². The number of anilines is 2. The molecule has 1 aromatic heterocycles. The van der Waals surface area contributed by atoms with Crippen LogP contribution in [0.2, 0.25) is 5.02 Å². The van der Waals surface area contributed by atoms with Crippen molar-refractivity contribution in [2.75, 3.05) is 23.2 Å². The number of fused-ring (bicyclic) bond motifs is 1. The smallest absolute Gasteiger partial charge is 0.342 e. The van der Waals surface area contributed by atoms with Crippen molar-refractivity contribution in [1.29, 1.82) is 0 Å². The summed E-state index contributed by atoms with van der Waals surface area (Å²) in [5, 5.41) is 6.34. The van der Waals surface area contributed by atoms with Crippen molar-refractivity contribution in [2.45, 2.75) is 18.1 Å². The van der Waals surface area contributed by atoms with Gasteiger partial charge >= 0.3 is 5.97 Å². The van der Waals surface area contributed by atoms with Crippen LogP contribution in [-0.4, -0.2) is 35.3 Å². The molecule has 11 heteroatoms. The zero-order valence-corrected chi connectivity index (χ0v) is 23.3. The average Bonchev–Trinajstić information content (AvgIpc) is 3.45. The van der Waals surface area contributed by atoms with Crippen LogP contribution in [0.3, 0.4) is 0 Å². The molecule has 1 aliphatic heterocycles. The average molecular weight is 590 g/mol. The number of aromatic nitrogens is 1. The zero-order chi connectivity index (χ0) is 28.8. The van der Waals surface area contributed by atoms with E-state index in [1.807, 2.05) is 6.92 Å². The third-order valence-electron chi connectivity index (χ3n) is 5.99. The van der Waals surface area contributed by atoms with Crippen LogP contribution in [0.5, 0.6) is 11.5 Å². The number of rotatable bonds is 9. The van der Waals surface area contributed by atoms with E-state index >= 15 is 0 Å². The molecule has 0 bridgehead atoms. The summed E-state index contributed by atoms with van der Waals surface area (Å²) in [4.78, 5) is 43.5. The molecular weight excluding hydrogens is 566 g/mol. The monoisotopic (exact) mass is 589 g/mol. The Hall–Kier alpha value is -4.54. The molecule has 0 unspecified atom stereocenters. The lowest BCUT2D eigenvalue weighted by molar-refractivity contribution is -0.125. The number of esters is 1. The normalized spacial score (nSPS) is 12.3. The van der Waals surface area contributed by atoms with Crippen LogP contribution in [-0.2, 0) is 14.3 Å². The number of nitrogens with one attached hydrogen (secondary N) is 2. The first kappa shape index (κ1) is 28.0. The molecule has 2 amide bonds. The van der Waals surface area contributed by atoms with Gasteiger partial charge in [-0.2, -0.15) is 0 Å². The summed E-state index contributed by atoms with van der Waals surface area (Å²) in [6.07, 6.45) is 0.258. The van der Waals surface area contributed by atoms with E-state index in [1.165, 1.54) is 12.3 Å². The van der Waals surface area contributed by atoms with Crippen molar-refractivity contribution >= 4 is 52.5 Å². The van der Waals surface area contributed by atoms with Crippen LogP contribution < -0.4 is 20.1 Å². The SMILES string of the molecule is Cc1ccc(NC(=O)[C@@H](OC(=O)c2cccnc2SCC(=O)Nc2ccc3c(c2)OCO3)c2ccccc2)cc1Cl. The first-order chi connectivity index (χ1) is 19.9. The Morgan fingerprint density at radius 3 is 2.51 bits per heavy atom. The third kappa shape index (κ3) is 6.97. The lowest BCUT2D eigenvalue weighted by Gasteiger charge is -2.19. The van der Waals surface area contributed by atoms with Gasteiger partial charge in [-0.25, -0.2) is 9.78 Å². The molecule has 0 saturated carbocycles. The summed E-state index contributed by atoms with van der Waals surface area (Å²) in [6, 6.07) is 22.0. The van der Waals surface area contributed by atoms with Gasteiger partial charge in [0.15, 0.2) is 11.5 Å². The van der Waals surface area contributed by atoms with Gasteiger partial charge in [0.2, 0.25) is 18.8 Å². The molecule has 208 valence electrons. The maximum atomic E-state index is 13.3. The van der Waals surface area contributed by atoms with E-state index in [9.17, 15) is 14.4 Å². The van der Waals surface area contributed by atoms with Crippen LogP contribution >= 0.6 is 23.4 Å². The number of nitrogens with zero attached hydrogens (tertiary/aromatic N) is 1. The Kier molecular flexibility index (Phi) is 8.71. The number of hydrogen-bond acceptors (Lipinski definition) is 8. The van der Waals surface area contributed by atoms with E-state index < -0.39 is 18.0 Å². The highest BCUT2D eigenvalue weighted by molar-refractivity contribution is 8.00. The van der Waals surface area contributed by atoms with Gasteiger partial charge in [0.25, 0.3) is 5.91 Å². The molecule has 4 aromatic rings. The summed E-state index contributed by atoms with van der Waals surface area (Å²) in [6.45, 7) is 1.99. The first-order valence-corrected chi connectivity index (χ1v) is 13.8. The van der Waals surface area contributed by atoms with Gasteiger partial charge in [0.05, 0.1) is 11.3 Å². The van der Waals surface area contributed by atoms with Gasteiger partial charge in [0.1, 0.15) is 5.03 Å². The van der Waals surface area contributed by atoms with Gasteiger partial charge in [0, 0.05) is 34.2 Å². The number of thioether (sulfide) groups is 1. The highest BCUT2D eigenvalue weighted by Crippen LogP contribution is 2.34. The Morgan fingerprint density at radius 2 is 1.71 bits per heavy atom. The van der Waals surface area contributed by atoms with E-state index in [2.05, 4.69) is 15.6 Å². The molecule has 3 aromatic carbocycles. The van der Waals surface area contributed by atoms with Crippen molar-refractivity contribution in [2.24, 2.45) is 0 Å². The fourth-order valence-corrected chi connectivity index (χ4v) is 4.88.